The molecule has 29 nitrogen and oxygen atoms in total. The van der Waals surface area contributed by atoms with Crippen molar-refractivity contribution in [3.8, 4) is 0 Å². The number of Topliss-reactive ketones (excluding diaryl/α,β-unsaturated/α-hetero) is 2. The number of carbonyl (C=O) groups is 11. The van der Waals surface area contributed by atoms with Gasteiger partial charge in [-0.1, -0.05) is 60.7 Å². The van der Waals surface area contributed by atoms with E-state index in [2.05, 4.69) is 51.5 Å². The molecule has 0 atom stereocenters. The molecule has 0 aromatic heterocycles. The van der Waals surface area contributed by atoms with Gasteiger partial charge < -0.3 is 85.0 Å². The van der Waals surface area contributed by atoms with E-state index in [4.69, 9.17) is 23.7 Å². The fraction of sp³-hybridized carbons (Fsp3) is 0.472. The van der Waals surface area contributed by atoms with E-state index < -0.39 is 28.9 Å². The zero-order valence-electron chi connectivity index (χ0n) is 68.5. The predicted molar refractivity (Wildman–Crippen MR) is 448 cm³/mol. The Kier molecular flexibility index (Phi) is 36.4. The van der Waals surface area contributed by atoms with Gasteiger partial charge in [0.1, 0.15) is 22.7 Å². The van der Waals surface area contributed by atoms with Crippen LogP contribution in [-0.4, -0.2) is 272 Å². The van der Waals surface area contributed by atoms with Crippen molar-refractivity contribution in [2.75, 3.05) is 192 Å². The van der Waals surface area contributed by atoms with Crippen LogP contribution in [0.3, 0.4) is 0 Å². The van der Waals surface area contributed by atoms with Crippen LogP contribution in [0.4, 0.5) is 31.5 Å². The van der Waals surface area contributed by atoms with E-state index in [1.807, 2.05) is 94.7 Å². The summed E-state index contributed by atoms with van der Waals surface area (Å²) < 4.78 is 53.7. The van der Waals surface area contributed by atoms with E-state index in [-0.39, 0.29) is 183 Å². The van der Waals surface area contributed by atoms with E-state index in [1.54, 1.807) is 24.3 Å². The number of hydrogen-bond donors (Lipinski definition) is 6. The summed E-state index contributed by atoms with van der Waals surface area (Å²) in [6.07, 6.45) is 5.80. The summed E-state index contributed by atoms with van der Waals surface area (Å²) in [6, 6.07) is 46.2. The van der Waals surface area contributed by atoms with Gasteiger partial charge in [-0.3, -0.25) is 57.6 Å². The van der Waals surface area contributed by atoms with Crippen molar-refractivity contribution < 1.29 is 85.2 Å². The smallest absolute Gasteiger partial charge is 0.319 e. The van der Waals surface area contributed by atoms with Crippen LogP contribution in [0.15, 0.2) is 158 Å². The van der Waals surface area contributed by atoms with Crippen molar-refractivity contribution in [2.45, 2.75) is 101 Å². The molecular weight excluding hydrogens is 1550 g/mol. The molecule has 6 aromatic carbocycles. The molecule has 4 heterocycles. The van der Waals surface area contributed by atoms with E-state index in [0.717, 1.165) is 61.8 Å². The first kappa shape index (κ1) is 91.4. The molecule has 4 aliphatic heterocycles. The molecule has 4 fully saturated rings. The molecule has 0 unspecified atom stereocenters. The fourth-order valence-electron chi connectivity index (χ4n) is 15.3. The Labute approximate surface area is 699 Å². The second-order valence-corrected chi connectivity index (χ2v) is 30.3. The number of amides is 8. The molecule has 0 saturated carbocycles. The first-order valence-electron chi connectivity index (χ1n) is 41.5. The minimum Gasteiger partial charge on any atom is -0.468 e. The normalized spacial score (nSPS) is 15.1. The number of piperidine rings is 2. The lowest BCUT2D eigenvalue weighted by Gasteiger charge is -2.43. The van der Waals surface area contributed by atoms with Crippen LogP contribution in [0.25, 0.3) is 0 Å². The van der Waals surface area contributed by atoms with Crippen molar-refractivity contribution in [3.05, 3.63) is 192 Å². The van der Waals surface area contributed by atoms with Crippen LogP contribution in [0, 0.1) is 11.6 Å². The minimum absolute atomic E-state index is 0.0137. The molecule has 4 aliphatic rings. The lowest BCUT2D eigenvalue weighted by molar-refractivity contribution is -0.143. The maximum atomic E-state index is 14.4. The Morgan fingerprint density at radius 3 is 1.08 bits per heavy atom. The number of rotatable bonds is 50. The van der Waals surface area contributed by atoms with Gasteiger partial charge in [0.25, 0.3) is 0 Å². The quantitative estimate of drug-likeness (QED) is 0.0130. The highest BCUT2D eigenvalue weighted by atomic mass is 19.1. The number of likely N-dealkylation sites (tertiary alicyclic amines) is 2. The Morgan fingerprint density at radius 1 is 0.392 bits per heavy atom. The Morgan fingerprint density at radius 2 is 0.733 bits per heavy atom. The standard InChI is InChI=1S/C89H113F2N13O16/c1-116-85(113)64-100(62-83(111)94-44-56-119-60-58-117-54-42-92-79(107)32-34-81(109)96-73-28-16-67(17-29-73)36-48-101-65-103(75-10-4-2-5-11-75)88(86(101)114)38-50-98(51-39-88)46-8-14-77(105)69-20-24-71(90)25-21-69)63-84(112)95-45-57-120-61-59-118-55-43-93-80(108)33-35-82(110)97-74-30-18-68(19-31-74)37-49-102-66-104(76-12-6-3-7-13-76)89(87(102)115)40-52-99(53-41-89)47-9-15-78(106)70-22-26-72(91)27-23-70/h2-7,10-13,16-31H,8-9,14-15,32-66H2,1H3,(H,92,107)(H,93,108)(H,94,111)(H,95,112)(H,96,109)(H,97,110). The Bertz CT molecular complexity index is 4050. The van der Waals surface area contributed by atoms with E-state index in [1.165, 1.54) is 60.5 Å². The number of anilines is 4. The number of hydrogen-bond acceptors (Lipinski definition) is 21. The highest BCUT2D eigenvalue weighted by molar-refractivity contribution is 5.98. The van der Waals surface area contributed by atoms with E-state index in [0.29, 0.717) is 113 Å². The molecule has 6 N–H and O–H groups in total. The van der Waals surface area contributed by atoms with Gasteiger partial charge in [0, 0.05) is 138 Å². The second-order valence-electron chi connectivity index (χ2n) is 30.3. The second kappa shape index (κ2) is 47.8. The van der Waals surface area contributed by atoms with Crippen LogP contribution in [0.5, 0.6) is 0 Å². The highest BCUT2D eigenvalue weighted by Gasteiger charge is 2.55. The zero-order valence-corrected chi connectivity index (χ0v) is 68.5. The molecule has 0 bridgehead atoms. The molecular formula is C89H113F2N13O16. The average molecular weight is 1660 g/mol. The van der Waals surface area contributed by atoms with Crippen molar-refractivity contribution >= 4 is 87.5 Å². The van der Waals surface area contributed by atoms with Crippen LogP contribution in [0.2, 0.25) is 0 Å². The predicted octanol–water partition coefficient (Wildman–Crippen LogP) is 6.80. The zero-order chi connectivity index (χ0) is 84.9. The molecule has 0 aliphatic carbocycles. The molecule has 120 heavy (non-hydrogen) atoms. The largest absolute Gasteiger partial charge is 0.468 e. The lowest BCUT2D eigenvalue weighted by Crippen LogP contribution is -2.56. The van der Waals surface area contributed by atoms with Crippen LogP contribution >= 0.6 is 0 Å². The van der Waals surface area contributed by atoms with Gasteiger partial charge in [-0.2, -0.15) is 0 Å². The summed E-state index contributed by atoms with van der Waals surface area (Å²) in [6.45, 7) is 7.70. The number of halogens is 2. The number of nitrogens with one attached hydrogen (secondary N) is 6. The molecule has 31 heteroatoms. The average Bonchev–Trinajstić information content (AvgIpc) is 1.60. The summed E-state index contributed by atoms with van der Waals surface area (Å²) in [5.41, 5.74) is 4.81. The summed E-state index contributed by atoms with van der Waals surface area (Å²) in [5.74, 6) is -3.36. The van der Waals surface area contributed by atoms with Crippen LogP contribution < -0.4 is 41.7 Å². The number of methoxy groups -OCH3 is 1. The monoisotopic (exact) mass is 1660 g/mol. The SMILES string of the molecule is COC(=O)CN(CC(=O)NCCOCCOCCNC(=O)CCC(=O)Nc1ccc(CCN2CN(c3ccccc3)C3(CCN(CCCC(=O)c4ccc(F)cc4)CC3)C2=O)cc1)CC(=O)NCCOCCOCCNC(=O)CCC(=O)Nc1ccc(CCN2CN(c3ccccc3)C3(CCN(CCCC(=O)c4ccc(F)cc4)CC3)C2=O)cc1. The fourth-order valence-corrected chi connectivity index (χ4v) is 15.3. The maximum Gasteiger partial charge on any atom is 0.319 e. The third-order valence-electron chi connectivity index (χ3n) is 21.9. The Hall–Kier alpha value is -10.9. The van der Waals surface area contributed by atoms with Crippen molar-refractivity contribution in [2.24, 2.45) is 0 Å². The number of ether oxygens (including phenoxy) is 5. The molecule has 2 spiro atoms. The highest BCUT2D eigenvalue weighted by Crippen LogP contribution is 2.42. The van der Waals surface area contributed by atoms with Gasteiger partial charge >= 0.3 is 5.97 Å². The van der Waals surface area contributed by atoms with Gasteiger partial charge in [0.05, 0.1) is 92.9 Å². The van der Waals surface area contributed by atoms with Gasteiger partial charge in [-0.05, 0) is 173 Å². The third kappa shape index (κ3) is 28.6. The van der Waals surface area contributed by atoms with Gasteiger partial charge in [-0.25, -0.2) is 8.78 Å². The molecule has 0 radical (unpaired) electrons. The van der Waals surface area contributed by atoms with Gasteiger partial charge in [-0.15, -0.1) is 0 Å². The number of carbonyl (C=O) groups excluding carboxylic acids is 11. The third-order valence-corrected chi connectivity index (χ3v) is 21.9. The number of esters is 1. The summed E-state index contributed by atoms with van der Waals surface area (Å²) in [4.78, 5) is 157. The number of ketones is 2. The molecule has 10 rings (SSSR count). The summed E-state index contributed by atoms with van der Waals surface area (Å²) in [5, 5.41) is 16.6. The number of para-hydroxylation sites is 2. The van der Waals surface area contributed by atoms with Crippen molar-refractivity contribution in [1.29, 1.82) is 0 Å². The van der Waals surface area contributed by atoms with Gasteiger partial charge in [0.15, 0.2) is 11.6 Å². The van der Waals surface area contributed by atoms with Crippen molar-refractivity contribution in [3.63, 3.8) is 0 Å². The topological polar surface area (TPSA) is 329 Å². The first-order chi connectivity index (χ1) is 58.2. The minimum atomic E-state index is -0.677. The molecule has 644 valence electrons. The molecule has 4 saturated heterocycles. The lowest BCUT2D eigenvalue weighted by atomic mass is 9.85. The Balaban J connectivity index is 0.498. The van der Waals surface area contributed by atoms with E-state index in [9.17, 15) is 61.5 Å². The molecule has 8 amide bonds. The maximum absolute atomic E-state index is 14.4. The number of benzene rings is 6. The number of nitrogens with zero attached hydrogens (tertiary/aromatic N) is 7. The summed E-state index contributed by atoms with van der Waals surface area (Å²) in [7, 11) is 1.20. The van der Waals surface area contributed by atoms with Gasteiger partial charge in [0.2, 0.25) is 47.3 Å². The first-order valence-corrected chi connectivity index (χ1v) is 41.5. The van der Waals surface area contributed by atoms with Crippen LogP contribution in [-0.2, 0) is 79.7 Å². The summed E-state index contributed by atoms with van der Waals surface area (Å²) >= 11 is 0. The molecule has 6 aromatic rings. The van der Waals surface area contributed by atoms with Crippen molar-refractivity contribution in [1.82, 2.24) is 45.8 Å². The van der Waals surface area contributed by atoms with Crippen LogP contribution in [0.1, 0.15) is 109 Å². The van der Waals surface area contributed by atoms with E-state index >= 15 is 0 Å².